The second-order valence-corrected chi connectivity index (χ2v) is 5.42. The van der Waals surface area contributed by atoms with Crippen LogP contribution in [-0.2, 0) is 0 Å². The zero-order valence-corrected chi connectivity index (χ0v) is 12.2. The number of H-pyrrole nitrogens is 1. The first-order valence-electron chi connectivity index (χ1n) is 6.70. The molecule has 1 unspecified atom stereocenters. The Hall–Kier alpha value is -1.16. The number of rotatable bonds is 5. The van der Waals surface area contributed by atoms with Crippen LogP contribution in [0.5, 0.6) is 0 Å². The van der Waals surface area contributed by atoms with Crippen LogP contribution in [0.1, 0.15) is 51.1 Å². The lowest BCUT2D eigenvalue weighted by Crippen LogP contribution is -2.06. The Labute approximate surface area is 113 Å². The lowest BCUT2D eigenvalue weighted by atomic mass is 10.1. The number of fused-ring (bicyclic) bond motifs is 1. The maximum atomic E-state index is 5.42. The van der Waals surface area contributed by atoms with Gasteiger partial charge in [-0.25, -0.2) is 4.98 Å². The molecule has 3 nitrogen and oxygen atoms in total. The highest BCUT2D eigenvalue weighted by atomic mass is 32.1. The summed E-state index contributed by atoms with van der Waals surface area (Å²) in [4.78, 5) is 7.77. The van der Waals surface area contributed by atoms with E-state index in [0.717, 1.165) is 27.9 Å². The monoisotopic (exact) mass is 263 g/mol. The van der Waals surface area contributed by atoms with E-state index in [2.05, 4.69) is 34.4 Å². The van der Waals surface area contributed by atoms with E-state index in [1.165, 1.54) is 19.3 Å². The van der Waals surface area contributed by atoms with Gasteiger partial charge in [0.2, 0.25) is 0 Å². The summed E-state index contributed by atoms with van der Waals surface area (Å²) in [6, 6.07) is 2.51. The average Bonchev–Trinajstić information content (AvgIpc) is 2.64. The maximum absolute atomic E-state index is 5.42. The highest BCUT2D eigenvalue weighted by molar-refractivity contribution is 7.71. The van der Waals surface area contributed by atoms with Crippen molar-refractivity contribution in [1.82, 2.24) is 14.5 Å². The normalized spacial score (nSPS) is 13.1. The van der Waals surface area contributed by atoms with Crippen LogP contribution in [0, 0.1) is 11.7 Å². The van der Waals surface area contributed by atoms with Crippen molar-refractivity contribution < 1.29 is 0 Å². The first kappa shape index (κ1) is 13.3. The van der Waals surface area contributed by atoms with Gasteiger partial charge in [-0.3, -0.25) is 4.57 Å². The highest BCUT2D eigenvalue weighted by Gasteiger charge is 2.11. The average molecular weight is 263 g/mol. The third kappa shape index (κ3) is 2.64. The van der Waals surface area contributed by atoms with Crippen molar-refractivity contribution >= 4 is 23.4 Å². The molecule has 1 atom stereocenters. The number of unbranched alkanes of at least 4 members (excludes halogenated alkanes) is 2. The summed E-state index contributed by atoms with van der Waals surface area (Å²) in [5, 5.41) is 0. The lowest BCUT2D eigenvalue weighted by Gasteiger charge is -2.13. The van der Waals surface area contributed by atoms with E-state index in [1.54, 1.807) is 0 Å². The number of imidazole rings is 1. The van der Waals surface area contributed by atoms with Gasteiger partial charge in [0.05, 0.1) is 5.52 Å². The summed E-state index contributed by atoms with van der Waals surface area (Å²) in [5.41, 5.74) is 3.18. The van der Waals surface area contributed by atoms with E-state index < -0.39 is 0 Å². The molecule has 0 amide bonds. The SMILES string of the molecule is CCCCCC(C)n1c(=S)[nH]c2cc(C)cnc21. The van der Waals surface area contributed by atoms with Gasteiger partial charge in [-0.05, 0) is 44.1 Å². The van der Waals surface area contributed by atoms with Crippen molar-refractivity contribution in [2.24, 2.45) is 0 Å². The first-order chi connectivity index (χ1) is 8.63. The van der Waals surface area contributed by atoms with E-state index in [9.17, 15) is 0 Å². The fraction of sp³-hybridized carbons (Fsp3) is 0.571. The number of aryl methyl sites for hydroxylation is 1. The fourth-order valence-corrected chi connectivity index (χ4v) is 2.72. The zero-order chi connectivity index (χ0) is 13.1. The summed E-state index contributed by atoms with van der Waals surface area (Å²) < 4.78 is 2.94. The second-order valence-electron chi connectivity index (χ2n) is 5.03. The second kappa shape index (κ2) is 5.65. The van der Waals surface area contributed by atoms with E-state index in [-0.39, 0.29) is 0 Å². The van der Waals surface area contributed by atoms with Crippen molar-refractivity contribution in [3.05, 3.63) is 22.6 Å². The van der Waals surface area contributed by atoms with Crippen LogP contribution in [0.15, 0.2) is 12.3 Å². The highest BCUT2D eigenvalue weighted by Crippen LogP contribution is 2.22. The van der Waals surface area contributed by atoms with Gasteiger partial charge >= 0.3 is 0 Å². The number of pyridine rings is 1. The van der Waals surface area contributed by atoms with Crippen LogP contribution in [0.2, 0.25) is 0 Å². The summed E-state index contributed by atoms with van der Waals surface area (Å²) in [6.07, 6.45) is 6.85. The van der Waals surface area contributed by atoms with Crippen LogP contribution in [-0.4, -0.2) is 14.5 Å². The van der Waals surface area contributed by atoms with Gasteiger partial charge in [0.15, 0.2) is 10.4 Å². The van der Waals surface area contributed by atoms with Crippen LogP contribution in [0.3, 0.4) is 0 Å². The molecule has 2 aromatic heterocycles. The van der Waals surface area contributed by atoms with Crippen molar-refractivity contribution in [1.29, 1.82) is 0 Å². The molecule has 0 saturated heterocycles. The van der Waals surface area contributed by atoms with Gasteiger partial charge in [0, 0.05) is 12.2 Å². The largest absolute Gasteiger partial charge is 0.329 e. The number of aromatic amines is 1. The summed E-state index contributed by atoms with van der Waals surface area (Å²) >= 11 is 5.42. The molecule has 2 heterocycles. The van der Waals surface area contributed by atoms with Crippen LogP contribution < -0.4 is 0 Å². The third-order valence-corrected chi connectivity index (χ3v) is 3.66. The van der Waals surface area contributed by atoms with Crippen LogP contribution >= 0.6 is 12.2 Å². The Morgan fingerprint density at radius 3 is 2.94 bits per heavy atom. The molecule has 0 saturated carbocycles. The number of hydrogen-bond donors (Lipinski definition) is 1. The number of nitrogens with zero attached hydrogens (tertiary/aromatic N) is 2. The third-order valence-electron chi connectivity index (χ3n) is 3.36. The predicted molar refractivity (Wildman–Crippen MR) is 78.5 cm³/mol. The molecule has 0 spiro atoms. The Kier molecular flexibility index (Phi) is 4.17. The molecule has 0 aliphatic carbocycles. The van der Waals surface area contributed by atoms with Gasteiger partial charge in [-0.15, -0.1) is 0 Å². The standard InChI is InChI=1S/C14H21N3S/c1-4-5-6-7-11(3)17-13-12(16-14(17)18)8-10(2)9-15-13/h8-9,11H,4-7H2,1-3H3,(H,16,18). The minimum atomic E-state index is 0.410. The molecular weight excluding hydrogens is 242 g/mol. The molecule has 0 aromatic carbocycles. The Bertz CT molecular complexity index is 582. The molecule has 18 heavy (non-hydrogen) atoms. The van der Waals surface area contributed by atoms with Gasteiger partial charge < -0.3 is 4.98 Å². The molecule has 98 valence electrons. The zero-order valence-electron chi connectivity index (χ0n) is 11.4. The number of aromatic nitrogens is 3. The topological polar surface area (TPSA) is 33.6 Å². The van der Waals surface area contributed by atoms with Crippen molar-refractivity contribution in [2.45, 2.75) is 52.5 Å². The summed E-state index contributed by atoms with van der Waals surface area (Å²) in [6.45, 7) is 6.50. The summed E-state index contributed by atoms with van der Waals surface area (Å²) in [5.74, 6) is 0. The van der Waals surface area contributed by atoms with E-state index in [1.807, 2.05) is 13.1 Å². The van der Waals surface area contributed by atoms with Crippen LogP contribution in [0.25, 0.3) is 11.2 Å². The van der Waals surface area contributed by atoms with E-state index >= 15 is 0 Å². The van der Waals surface area contributed by atoms with Gasteiger partial charge in [-0.2, -0.15) is 0 Å². The van der Waals surface area contributed by atoms with Gasteiger partial charge in [-0.1, -0.05) is 26.2 Å². The lowest BCUT2D eigenvalue weighted by molar-refractivity contribution is 0.481. The number of nitrogens with one attached hydrogen (secondary N) is 1. The molecule has 0 fully saturated rings. The van der Waals surface area contributed by atoms with Crippen molar-refractivity contribution in [3.8, 4) is 0 Å². The van der Waals surface area contributed by atoms with Gasteiger partial charge in [0.25, 0.3) is 0 Å². The van der Waals surface area contributed by atoms with Crippen molar-refractivity contribution in [2.75, 3.05) is 0 Å². The predicted octanol–water partition coefficient (Wildman–Crippen LogP) is 4.54. The minimum Gasteiger partial charge on any atom is -0.329 e. The smallest absolute Gasteiger partial charge is 0.179 e. The number of hydrogen-bond acceptors (Lipinski definition) is 2. The molecule has 0 aliphatic heterocycles. The quantitative estimate of drug-likeness (QED) is 0.634. The van der Waals surface area contributed by atoms with Crippen molar-refractivity contribution in [3.63, 3.8) is 0 Å². The van der Waals surface area contributed by atoms with Gasteiger partial charge in [0.1, 0.15) is 0 Å². The molecule has 2 aromatic rings. The maximum Gasteiger partial charge on any atom is 0.179 e. The first-order valence-corrected chi connectivity index (χ1v) is 7.11. The molecule has 2 rings (SSSR count). The Balaban J connectivity index is 2.32. The molecular formula is C14H21N3S. The molecule has 0 bridgehead atoms. The minimum absolute atomic E-state index is 0.410. The van der Waals surface area contributed by atoms with E-state index in [4.69, 9.17) is 12.2 Å². The van der Waals surface area contributed by atoms with Crippen LogP contribution in [0.4, 0.5) is 0 Å². The summed E-state index contributed by atoms with van der Waals surface area (Å²) in [7, 11) is 0. The molecule has 4 heteroatoms. The van der Waals surface area contributed by atoms with E-state index in [0.29, 0.717) is 6.04 Å². The molecule has 0 radical (unpaired) electrons. The molecule has 1 N–H and O–H groups in total. The Morgan fingerprint density at radius 1 is 1.44 bits per heavy atom. The Morgan fingerprint density at radius 2 is 2.22 bits per heavy atom. The molecule has 0 aliphatic rings. The fourth-order valence-electron chi connectivity index (χ4n) is 2.35.